The molecular formula is C19H15ClF4N2O2. The Bertz CT molecular complexity index is 900. The molecule has 0 spiro atoms. The molecular weight excluding hydrogens is 400 g/mol. The lowest BCUT2D eigenvalue weighted by Crippen LogP contribution is -2.35. The number of benzene rings is 2. The van der Waals surface area contributed by atoms with E-state index in [4.69, 9.17) is 11.6 Å². The fourth-order valence-corrected chi connectivity index (χ4v) is 3.13. The molecule has 1 aliphatic rings. The van der Waals surface area contributed by atoms with Crippen LogP contribution in [0.2, 0.25) is 5.02 Å². The summed E-state index contributed by atoms with van der Waals surface area (Å²) in [6.45, 7) is 0.148. The zero-order chi connectivity index (χ0) is 20.5. The number of carbonyl (C=O) groups is 2. The van der Waals surface area contributed by atoms with Gasteiger partial charge in [-0.1, -0.05) is 29.8 Å². The molecule has 0 saturated carbocycles. The molecule has 0 bridgehead atoms. The van der Waals surface area contributed by atoms with E-state index in [-0.39, 0.29) is 24.4 Å². The van der Waals surface area contributed by atoms with Crippen LogP contribution in [0.3, 0.4) is 0 Å². The predicted octanol–water partition coefficient (Wildman–Crippen LogP) is 3.84. The summed E-state index contributed by atoms with van der Waals surface area (Å²) in [4.78, 5) is 23.9. The minimum Gasteiger partial charge on any atom is -0.355 e. The van der Waals surface area contributed by atoms with Gasteiger partial charge in [-0.25, -0.2) is 4.39 Å². The quantitative estimate of drug-likeness (QED) is 0.747. The molecule has 3 rings (SSSR count). The van der Waals surface area contributed by atoms with E-state index in [1.54, 1.807) is 12.1 Å². The van der Waals surface area contributed by atoms with E-state index in [9.17, 15) is 27.2 Å². The molecule has 2 aromatic rings. The molecule has 2 N–H and O–H groups in total. The molecule has 148 valence electrons. The highest BCUT2D eigenvalue weighted by Gasteiger charge is 2.35. The Labute approximate surface area is 162 Å². The third-order valence-corrected chi connectivity index (χ3v) is 4.72. The van der Waals surface area contributed by atoms with Crippen LogP contribution >= 0.6 is 11.6 Å². The third kappa shape index (κ3) is 4.44. The van der Waals surface area contributed by atoms with Crippen LogP contribution in [0.4, 0.5) is 17.6 Å². The number of amides is 2. The van der Waals surface area contributed by atoms with Crippen LogP contribution in [0.25, 0.3) is 0 Å². The zero-order valence-corrected chi connectivity index (χ0v) is 15.1. The summed E-state index contributed by atoms with van der Waals surface area (Å²) in [5.74, 6) is -2.80. The molecule has 4 nitrogen and oxygen atoms in total. The number of hydrogen-bond acceptors (Lipinski definition) is 2. The summed E-state index contributed by atoms with van der Waals surface area (Å²) in [5.41, 5.74) is -0.896. The Balaban J connectivity index is 1.98. The molecule has 0 aromatic heterocycles. The second-order valence-electron chi connectivity index (χ2n) is 6.44. The molecule has 2 aromatic carbocycles. The topological polar surface area (TPSA) is 58.2 Å². The highest BCUT2D eigenvalue weighted by Crippen LogP contribution is 2.34. The van der Waals surface area contributed by atoms with Crippen molar-refractivity contribution in [3.63, 3.8) is 0 Å². The van der Waals surface area contributed by atoms with E-state index >= 15 is 0 Å². The molecule has 1 saturated heterocycles. The Hall–Kier alpha value is -2.61. The Morgan fingerprint density at radius 3 is 2.36 bits per heavy atom. The van der Waals surface area contributed by atoms with Gasteiger partial charge < -0.3 is 10.6 Å². The van der Waals surface area contributed by atoms with Crippen molar-refractivity contribution >= 4 is 23.4 Å². The van der Waals surface area contributed by atoms with Crippen molar-refractivity contribution in [2.45, 2.75) is 18.6 Å². The van der Waals surface area contributed by atoms with Crippen molar-refractivity contribution in [2.24, 2.45) is 5.92 Å². The smallest absolute Gasteiger partial charge is 0.355 e. The molecule has 28 heavy (non-hydrogen) atoms. The van der Waals surface area contributed by atoms with E-state index in [2.05, 4.69) is 10.6 Å². The average molecular weight is 415 g/mol. The van der Waals surface area contributed by atoms with Gasteiger partial charge in [0.2, 0.25) is 11.8 Å². The van der Waals surface area contributed by atoms with Crippen molar-refractivity contribution in [3.8, 4) is 0 Å². The third-order valence-electron chi connectivity index (χ3n) is 4.47. The number of nitrogens with one attached hydrogen (secondary N) is 2. The maximum atomic E-state index is 13.7. The lowest BCUT2D eigenvalue weighted by molar-refractivity contribution is -0.140. The monoisotopic (exact) mass is 414 g/mol. The van der Waals surface area contributed by atoms with Crippen LogP contribution in [0.15, 0.2) is 42.5 Å². The van der Waals surface area contributed by atoms with Crippen molar-refractivity contribution in [1.29, 1.82) is 0 Å². The minimum absolute atomic E-state index is 0.00358. The fraction of sp³-hybridized carbons (Fsp3) is 0.263. The molecule has 0 unspecified atom stereocenters. The second kappa shape index (κ2) is 7.79. The number of carbonyl (C=O) groups excluding carboxylic acids is 2. The first-order valence-corrected chi connectivity index (χ1v) is 8.72. The Kier molecular flexibility index (Phi) is 5.60. The van der Waals surface area contributed by atoms with Gasteiger partial charge in [-0.3, -0.25) is 9.59 Å². The van der Waals surface area contributed by atoms with Crippen LogP contribution in [-0.4, -0.2) is 18.4 Å². The van der Waals surface area contributed by atoms with Crippen LogP contribution in [0.1, 0.15) is 29.2 Å². The summed E-state index contributed by atoms with van der Waals surface area (Å²) in [6.07, 6.45) is -4.88. The fourth-order valence-electron chi connectivity index (χ4n) is 3.00. The van der Waals surface area contributed by atoms with Gasteiger partial charge in [0.25, 0.3) is 0 Å². The number of alkyl halides is 3. The highest BCUT2D eigenvalue weighted by molar-refractivity contribution is 6.30. The minimum atomic E-state index is -4.88. The lowest BCUT2D eigenvalue weighted by atomic mass is 9.95. The second-order valence-corrected chi connectivity index (χ2v) is 6.87. The summed E-state index contributed by atoms with van der Waals surface area (Å²) in [6, 6.07) is 7.78. The van der Waals surface area contributed by atoms with Gasteiger partial charge in [-0.15, -0.1) is 0 Å². The molecule has 0 aliphatic carbocycles. The number of halogens is 5. The first-order chi connectivity index (χ1) is 13.1. The van der Waals surface area contributed by atoms with Crippen LogP contribution in [-0.2, 0) is 15.8 Å². The normalized spacial score (nSPS) is 17.9. The maximum absolute atomic E-state index is 13.7. The first-order valence-electron chi connectivity index (χ1n) is 8.34. The van der Waals surface area contributed by atoms with E-state index < -0.39 is 35.4 Å². The van der Waals surface area contributed by atoms with Gasteiger partial charge in [0, 0.05) is 18.0 Å². The van der Waals surface area contributed by atoms with Crippen molar-refractivity contribution in [1.82, 2.24) is 10.6 Å². The summed E-state index contributed by atoms with van der Waals surface area (Å²) >= 11 is 5.86. The number of rotatable bonds is 4. The molecule has 2 atom stereocenters. The predicted molar refractivity (Wildman–Crippen MR) is 94.0 cm³/mol. The van der Waals surface area contributed by atoms with E-state index in [1.165, 1.54) is 18.2 Å². The van der Waals surface area contributed by atoms with Gasteiger partial charge >= 0.3 is 6.18 Å². The summed E-state index contributed by atoms with van der Waals surface area (Å²) in [7, 11) is 0. The summed E-state index contributed by atoms with van der Waals surface area (Å²) < 4.78 is 53.0. The molecule has 9 heteroatoms. The molecule has 1 heterocycles. The lowest BCUT2D eigenvalue weighted by Gasteiger charge is -2.23. The van der Waals surface area contributed by atoms with Crippen molar-refractivity contribution < 1.29 is 27.2 Å². The van der Waals surface area contributed by atoms with Crippen LogP contribution in [0, 0.1) is 11.7 Å². The zero-order valence-electron chi connectivity index (χ0n) is 14.3. The summed E-state index contributed by atoms with van der Waals surface area (Å²) in [5, 5.41) is 5.61. The first kappa shape index (κ1) is 20.1. The average Bonchev–Trinajstić information content (AvgIpc) is 3.07. The van der Waals surface area contributed by atoms with Crippen molar-refractivity contribution in [3.05, 3.63) is 70.0 Å². The van der Waals surface area contributed by atoms with E-state index in [0.29, 0.717) is 22.7 Å². The van der Waals surface area contributed by atoms with Crippen molar-refractivity contribution in [2.75, 3.05) is 6.54 Å². The van der Waals surface area contributed by atoms with Gasteiger partial charge in [0.15, 0.2) is 0 Å². The Morgan fingerprint density at radius 2 is 1.79 bits per heavy atom. The van der Waals surface area contributed by atoms with E-state index in [1.807, 2.05) is 0 Å². The van der Waals surface area contributed by atoms with E-state index in [0.717, 1.165) is 0 Å². The standard InChI is InChI=1S/C19H15ClF4N2O2/c20-13-4-1-10(2-5-13)17(26-18(28)12-8-16(27)25-9-12)11-3-6-15(21)14(7-11)19(22,23)24/h1-7,12,17H,8-9H2,(H,25,27)(H,26,28)/t12-,17+/m0/s1. The van der Waals surface area contributed by atoms with Gasteiger partial charge in [-0.2, -0.15) is 13.2 Å². The molecule has 1 aliphatic heterocycles. The highest BCUT2D eigenvalue weighted by atomic mass is 35.5. The Morgan fingerprint density at radius 1 is 1.14 bits per heavy atom. The van der Waals surface area contributed by atoms with Crippen LogP contribution < -0.4 is 10.6 Å². The van der Waals surface area contributed by atoms with Gasteiger partial charge in [0.1, 0.15) is 5.82 Å². The van der Waals surface area contributed by atoms with Gasteiger partial charge in [-0.05, 0) is 35.4 Å². The molecule has 0 radical (unpaired) electrons. The largest absolute Gasteiger partial charge is 0.419 e. The SMILES string of the molecule is O=C1C[C@H](C(=O)N[C@H](c2ccc(Cl)cc2)c2ccc(F)c(C(F)(F)F)c2)CN1. The maximum Gasteiger partial charge on any atom is 0.419 e. The number of hydrogen-bond donors (Lipinski definition) is 2. The van der Waals surface area contributed by atoms with Crippen LogP contribution in [0.5, 0.6) is 0 Å². The molecule has 1 fully saturated rings. The molecule has 2 amide bonds. The van der Waals surface area contributed by atoms with Gasteiger partial charge in [0.05, 0.1) is 17.5 Å².